The Kier molecular flexibility index (Phi) is 5.71. The Morgan fingerprint density at radius 1 is 1.26 bits per heavy atom. The fraction of sp³-hybridized carbons (Fsp3) is 0.250. The van der Waals surface area contributed by atoms with Gasteiger partial charge in [0.05, 0.1) is 10.0 Å². The molecule has 1 N–H and O–H groups in total. The van der Waals surface area contributed by atoms with Gasteiger partial charge in [-0.15, -0.1) is 10.2 Å². The molecular weight excluding hydrogens is 403 g/mol. The molecule has 7 nitrogen and oxygen atoms in total. The number of benzene rings is 1. The second kappa shape index (κ2) is 8.01. The standard InChI is InChI=1S/C16H13Cl2F2N5O2/c1-25-9(7-12(24-25)15-22-23-16(27-15)13(19)20)4-5-21-14(26)8-2-3-10(17)11(18)6-8/h2-3,6-7,13H,4-5H2,1H3,(H,21,26). The minimum atomic E-state index is -2.84. The summed E-state index contributed by atoms with van der Waals surface area (Å²) in [5.41, 5.74) is 1.42. The zero-order valence-electron chi connectivity index (χ0n) is 13.9. The molecule has 0 unspecified atom stereocenters. The molecule has 0 saturated heterocycles. The second-order valence-electron chi connectivity index (χ2n) is 5.53. The first-order valence-electron chi connectivity index (χ1n) is 7.73. The zero-order chi connectivity index (χ0) is 19.6. The van der Waals surface area contributed by atoms with Crippen LogP contribution >= 0.6 is 23.2 Å². The van der Waals surface area contributed by atoms with Crippen LogP contribution in [-0.2, 0) is 13.5 Å². The SMILES string of the molecule is Cn1nc(-c2nnc(C(F)F)o2)cc1CCNC(=O)c1ccc(Cl)c(Cl)c1. The number of halogens is 4. The van der Waals surface area contributed by atoms with Crippen LogP contribution in [0, 0.1) is 0 Å². The van der Waals surface area contributed by atoms with Crippen molar-refractivity contribution in [2.75, 3.05) is 6.54 Å². The Balaban J connectivity index is 1.62. The van der Waals surface area contributed by atoms with Gasteiger partial charge >= 0.3 is 6.43 Å². The van der Waals surface area contributed by atoms with Crippen molar-refractivity contribution < 1.29 is 18.0 Å². The van der Waals surface area contributed by atoms with Gasteiger partial charge in [0.1, 0.15) is 5.69 Å². The number of alkyl halides is 2. The number of nitrogens with zero attached hydrogens (tertiary/aromatic N) is 4. The van der Waals surface area contributed by atoms with Gasteiger partial charge in [-0.25, -0.2) is 0 Å². The van der Waals surface area contributed by atoms with Gasteiger partial charge in [-0.1, -0.05) is 23.2 Å². The van der Waals surface area contributed by atoms with Gasteiger partial charge in [0.2, 0.25) is 0 Å². The Hall–Kier alpha value is -2.52. The molecule has 2 heterocycles. The minimum Gasteiger partial charge on any atom is -0.413 e. The molecule has 0 fully saturated rings. The zero-order valence-corrected chi connectivity index (χ0v) is 15.4. The van der Waals surface area contributed by atoms with Crippen LogP contribution in [0.3, 0.4) is 0 Å². The summed E-state index contributed by atoms with van der Waals surface area (Å²) in [4.78, 5) is 12.1. The van der Waals surface area contributed by atoms with Gasteiger partial charge in [-0.2, -0.15) is 13.9 Å². The van der Waals surface area contributed by atoms with E-state index < -0.39 is 12.3 Å². The third-order valence-electron chi connectivity index (χ3n) is 3.67. The fourth-order valence-electron chi connectivity index (χ4n) is 2.31. The lowest BCUT2D eigenvalue weighted by Crippen LogP contribution is -2.26. The number of aryl methyl sites for hydroxylation is 1. The predicted molar refractivity (Wildman–Crippen MR) is 94.0 cm³/mol. The average Bonchev–Trinajstić information content (AvgIpc) is 3.24. The van der Waals surface area contributed by atoms with Crippen molar-refractivity contribution >= 4 is 29.1 Å². The highest BCUT2D eigenvalue weighted by atomic mass is 35.5. The smallest absolute Gasteiger partial charge is 0.314 e. The van der Waals surface area contributed by atoms with Gasteiger partial charge in [-0.05, 0) is 24.3 Å². The maximum Gasteiger partial charge on any atom is 0.314 e. The summed E-state index contributed by atoms with van der Waals surface area (Å²) in [5.74, 6) is -1.15. The van der Waals surface area contributed by atoms with E-state index in [1.807, 2.05) is 0 Å². The summed E-state index contributed by atoms with van der Waals surface area (Å²) < 4.78 is 31.5. The molecule has 0 saturated carbocycles. The molecule has 0 bridgehead atoms. The third-order valence-corrected chi connectivity index (χ3v) is 4.41. The predicted octanol–water partition coefficient (Wildman–Crippen LogP) is 3.69. The van der Waals surface area contributed by atoms with Crippen LogP contribution in [0.25, 0.3) is 11.6 Å². The normalized spacial score (nSPS) is 11.2. The summed E-state index contributed by atoms with van der Waals surface area (Å²) in [5, 5.41) is 14.4. The molecule has 0 spiro atoms. The van der Waals surface area contributed by atoms with E-state index in [9.17, 15) is 13.6 Å². The molecule has 2 aromatic heterocycles. The van der Waals surface area contributed by atoms with Gasteiger partial charge in [-0.3, -0.25) is 9.48 Å². The van der Waals surface area contributed by atoms with Gasteiger partial charge in [0, 0.05) is 31.3 Å². The molecule has 142 valence electrons. The summed E-state index contributed by atoms with van der Waals surface area (Å²) in [6, 6.07) is 6.23. The highest BCUT2D eigenvalue weighted by Crippen LogP contribution is 2.23. The molecule has 0 aliphatic carbocycles. The first-order chi connectivity index (χ1) is 12.8. The molecule has 27 heavy (non-hydrogen) atoms. The van der Waals surface area contributed by atoms with Crippen molar-refractivity contribution in [3.8, 4) is 11.6 Å². The monoisotopic (exact) mass is 415 g/mol. The van der Waals surface area contributed by atoms with E-state index in [1.165, 1.54) is 6.07 Å². The molecule has 0 atom stereocenters. The number of nitrogens with one attached hydrogen (secondary N) is 1. The molecule has 0 aliphatic rings. The fourth-order valence-corrected chi connectivity index (χ4v) is 2.61. The van der Waals surface area contributed by atoms with Crippen molar-refractivity contribution in [2.24, 2.45) is 7.05 Å². The van der Waals surface area contributed by atoms with Crippen LogP contribution in [0.1, 0.15) is 28.4 Å². The van der Waals surface area contributed by atoms with Crippen LogP contribution in [0.5, 0.6) is 0 Å². The van der Waals surface area contributed by atoms with E-state index in [0.717, 1.165) is 5.69 Å². The van der Waals surface area contributed by atoms with Crippen molar-refractivity contribution in [1.82, 2.24) is 25.3 Å². The van der Waals surface area contributed by atoms with E-state index in [4.69, 9.17) is 27.6 Å². The van der Waals surface area contributed by atoms with E-state index in [1.54, 1.807) is 29.9 Å². The van der Waals surface area contributed by atoms with E-state index in [0.29, 0.717) is 28.6 Å². The second-order valence-corrected chi connectivity index (χ2v) is 6.34. The Labute approximate surface area is 162 Å². The Morgan fingerprint density at radius 3 is 2.70 bits per heavy atom. The number of carbonyl (C=O) groups excluding carboxylic acids is 1. The first-order valence-corrected chi connectivity index (χ1v) is 8.49. The molecule has 1 amide bonds. The number of carbonyl (C=O) groups is 1. The molecule has 1 aromatic carbocycles. The third kappa shape index (κ3) is 4.42. The minimum absolute atomic E-state index is 0.0907. The average molecular weight is 416 g/mol. The van der Waals surface area contributed by atoms with Crippen LogP contribution in [0.15, 0.2) is 28.7 Å². The Morgan fingerprint density at radius 2 is 2.04 bits per heavy atom. The largest absolute Gasteiger partial charge is 0.413 e. The van der Waals surface area contributed by atoms with Crippen molar-refractivity contribution in [3.05, 3.63) is 51.5 Å². The summed E-state index contributed by atoms with van der Waals surface area (Å²) in [6.07, 6.45) is -2.39. The van der Waals surface area contributed by atoms with Crippen LogP contribution in [0.2, 0.25) is 10.0 Å². The van der Waals surface area contributed by atoms with Crippen molar-refractivity contribution in [1.29, 1.82) is 0 Å². The number of amides is 1. The number of aromatic nitrogens is 4. The maximum absolute atomic E-state index is 12.5. The summed E-state index contributed by atoms with van der Waals surface area (Å²) in [7, 11) is 1.68. The van der Waals surface area contributed by atoms with Crippen molar-refractivity contribution in [3.63, 3.8) is 0 Å². The number of hydrogen-bond acceptors (Lipinski definition) is 5. The molecule has 3 aromatic rings. The maximum atomic E-state index is 12.5. The quantitative estimate of drug-likeness (QED) is 0.663. The van der Waals surface area contributed by atoms with E-state index in [-0.39, 0.29) is 17.5 Å². The lowest BCUT2D eigenvalue weighted by molar-refractivity contribution is 0.0954. The van der Waals surface area contributed by atoms with E-state index in [2.05, 4.69) is 20.6 Å². The van der Waals surface area contributed by atoms with Gasteiger partial charge in [0.15, 0.2) is 0 Å². The lowest BCUT2D eigenvalue weighted by atomic mass is 10.2. The highest BCUT2D eigenvalue weighted by Gasteiger charge is 2.19. The van der Waals surface area contributed by atoms with Crippen LogP contribution in [-0.4, -0.2) is 32.4 Å². The highest BCUT2D eigenvalue weighted by molar-refractivity contribution is 6.42. The lowest BCUT2D eigenvalue weighted by Gasteiger charge is -2.06. The molecule has 0 aliphatic heterocycles. The molecule has 11 heteroatoms. The first kappa shape index (κ1) is 19.2. The van der Waals surface area contributed by atoms with Gasteiger partial charge in [0.25, 0.3) is 17.7 Å². The summed E-state index contributed by atoms with van der Waals surface area (Å²) in [6.45, 7) is 0.324. The Bertz CT molecular complexity index is 974. The van der Waals surface area contributed by atoms with Crippen LogP contribution in [0.4, 0.5) is 8.78 Å². The van der Waals surface area contributed by atoms with Gasteiger partial charge < -0.3 is 9.73 Å². The molecular formula is C16H13Cl2F2N5O2. The topological polar surface area (TPSA) is 85.8 Å². The van der Waals surface area contributed by atoms with Crippen molar-refractivity contribution in [2.45, 2.75) is 12.8 Å². The van der Waals surface area contributed by atoms with E-state index >= 15 is 0 Å². The molecule has 3 rings (SSSR count). The number of hydrogen-bond donors (Lipinski definition) is 1. The van der Waals surface area contributed by atoms with Crippen LogP contribution < -0.4 is 5.32 Å². The number of rotatable bonds is 6. The molecule has 0 radical (unpaired) electrons. The summed E-state index contributed by atoms with van der Waals surface area (Å²) >= 11 is 11.7.